The number of aryl methyl sites for hydroxylation is 2. The second kappa shape index (κ2) is 14.4. The standard InChI is InChI=1S/C32H35BrCl2N2O3/c1-21-15-26(16-22(2)31(21)33)40-20-30(38)37(19-24-13-14-27(34)28(35)17-24)29(18-23-9-5-3-6-10-23)32(39)36-25-11-7-4-8-12-25/h3,5-6,9-10,13-17,25,29H,4,7-8,11-12,18-20H2,1-2H3,(H,36,39). The molecule has 212 valence electrons. The van der Waals surface area contributed by atoms with Gasteiger partial charge in [-0.15, -0.1) is 0 Å². The first kappa shape index (κ1) is 30.4. The minimum Gasteiger partial charge on any atom is -0.484 e. The third-order valence-corrected chi connectivity index (χ3v) is 9.32. The number of carbonyl (C=O) groups is 2. The highest BCUT2D eigenvalue weighted by Crippen LogP contribution is 2.27. The molecule has 0 bridgehead atoms. The number of halogens is 3. The van der Waals surface area contributed by atoms with E-state index in [0.717, 1.165) is 52.4 Å². The van der Waals surface area contributed by atoms with Gasteiger partial charge in [-0.3, -0.25) is 9.59 Å². The third kappa shape index (κ3) is 8.25. The van der Waals surface area contributed by atoms with Gasteiger partial charge in [0.1, 0.15) is 11.8 Å². The van der Waals surface area contributed by atoms with Gasteiger partial charge >= 0.3 is 0 Å². The lowest BCUT2D eigenvalue weighted by molar-refractivity contribution is -0.143. The summed E-state index contributed by atoms with van der Waals surface area (Å²) in [6, 6.07) is 18.2. The zero-order valence-electron chi connectivity index (χ0n) is 22.9. The van der Waals surface area contributed by atoms with Crippen molar-refractivity contribution in [3.8, 4) is 5.75 Å². The van der Waals surface area contributed by atoms with E-state index < -0.39 is 6.04 Å². The van der Waals surface area contributed by atoms with Crippen molar-refractivity contribution < 1.29 is 14.3 Å². The molecule has 1 atom stereocenters. The van der Waals surface area contributed by atoms with Gasteiger partial charge in [0.25, 0.3) is 5.91 Å². The molecule has 4 rings (SSSR count). The van der Waals surface area contributed by atoms with E-state index >= 15 is 0 Å². The van der Waals surface area contributed by atoms with Crippen LogP contribution in [0.1, 0.15) is 54.4 Å². The molecule has 8 heteroatoms. The minimum absolute atomic E-state index is 0.117. The van der Waals surface area contributed by atoms with E-state index in [9.17, 15) is 9.59 Å². The molecule has 1 saturated carbocycles. The Morgan fingerprint density at radius 3 is 2.27 bits per heavy atom. The summed E-state index contributed by atoms with van der Waals surface area (Å²) in [6.07, 6.45) is 5.67. The Bertz CT molecular complexity index is 1310. The summed E-state index contributed by atoms with van der Waals surface area (Å²) in [5.74, 6) is 0.163. The molecule has 0 heterocycles. The lowest BCUT2D eigenvalue weighted by Gasteiger charge is -2.33. The van der Waals surface area contributed by atoms with Gasteiger partial charge in [-0.2, -0.15) is 0 Å². The third-order valence-electron chi connectivity index (χ3n) is 7.33. The molecule has 0 radical (unpaired) electrons. The van der Waals surface area contributed by atoms with Crippen LogP contribution in [0.4, 0.5) is 0 Å². The largest absolute Gasteiger partial charge is 0.484 e. The maximum absolute atomic E-state index is 13.9. The molecule has 1 fully saturated rings. The topological polar surface area (TPSA) is 58.6 Å². The van der Waals surface area contributed by atoms with E-state index in [4.69, 9.17) is 27.9 Å². The SMILES string of the molecule is Cc1cc(OCC(=O)N(Cc2ccc(Cl)c(Cl)c2)C(Cc2ccccc2)C(=O)NC2CCCCC2)cc(C)c1Br. The molecule has 1 aliphatic carbocycles. The van der Waals surface area contributed by atoms with Crippen molar-refractivity contribution in [1.29, 1.82) is 0 Å². The Hall–Kier alpha value is -2.54. The van der Waals surface area contributed by atoms with Crippen molar-refractivity contribution in [2.75, 3.05) is 6.61 Å². The van der Waals surface area contributed by atoms with Crippen molar-refractivity contribution in [2.24, 2.45) is 0 Å². The van der Waals surface area contributed by atoms with Crippen LogP contribution in [0.3, 0.4) is 0 Å². The van der Waals surface area contributed by atoms with Crippen molar-refractivity contribution in [1.82, 2.24) is 10.2 Å². The quantitative estimate of drug-likeness (QED) is 0.244. The zero-order chi connectivity index (χ0) is 28.6. The van der Waals surface area contributed by atoms with Crippen molar-refractivity contribution in [3.05, 3.63) is 97.4 Å². The number of benzene rings is 3. The summed E-state index contributed by atoms with van der Waals surface area (Å²) in [5, 5.41) is 4.08. The van der Waals surface area contributed by atoms with Crippen LogP contribution < -0.4 is 10.1 Å². The highest BCUT2D eigenvalue weighted by Gasteiger charge is 2.32. The molecule has 1 aliphatic rings. The number of nitrogens with one attached hydrogen (secondary N) is 1. The maximum atomic E-state index is 13.9. The van der Waals surface area contributed by atoms with E-state index in [2.05, 4.69) is 21.2 Å². The van der Waals surface area contributed by atoms with Gasteiger partial charge in [-0.25, -0.2) is 0 Å². The van der Waals surface area contributed by atoms with Crippen LogP contribution in [0.2, 0.25) is 10.0 Å². The lowest BCUT2D eigenvalue weighted by Crippen LogP contribution is -2.53. The number of hydrogen-bond acceptors (Lipinski definition) is 3. The number of ether oxygens (including phenoxy) is 1. The van der Waals surface area contributed by atoms with Gasteiger partial charge in [0, 0.05) is 23.5 Å². The van der Waals surface area contributed by atoms with Crippen molar-refractivity contribution in [3.63, 3.8) is 0 Å². The van der Waals surface area contributed by atoms with Gasteiger partial charge in [-0.05, 0) is 73.2 Å². The van der Waals surface area contributed by atoms with Crippen LogP contribution >= 0.6 is 39.1 Å². The Morgan fingerprint density at radius 1 is 0.950 bits per heavy atom. The molecule has 2 amide bonds. The van der Waals surface area contributed by atoms with Crippen molar-refractivity contribution in [2.45, 2.75) is 71.0 Å². The molecule has 0 spiro atoms. The number of amides is 2. The summed E-state index contributed by atoms with van der Waals surface area (Å²) < 4.78 is 6.99. The first-order valence-corrected chi connectivity index (χ1v) is 15.2. The fourth-order valence-corrected chi connectivity index (χ4v) is 5.70. The monoisotopic (exact) mass is 644 g/mol. The Kier molecular flexibility index (Phi) is 10.9. The van der Waals surface area contributed by atoms with Gasteiger partial charge in [0.05, 0.1) is 10.0 Å². The fourth-order valence-electron chi connectivity index (χ4n) is 5.15. The summed E-state index contributed by atoms with van der Waals surface area (Å²) in [4.78, 5) is 29.4. The van der Waals surface area contributed by atoms with Gasteiger partial charge in [0.15, 0.2) is 6.61 Å². The Labute approximate surface area is 255 Å². The number of hydrogen-bond donors (Lipinski definition) is 1. The van der Waals surface area contributed by atoms with E-state index in [-0.39, 0.29) is 31.0 Å². The molecule has 1 N–H and O–H groups in total. The molecule has 0 saturated heterocycles. The average molecular weight is 646 g/mol. The molecule has 0 aromatic heterocycles. The van der Waals surface area contributed by atoms with E-state index in [1.165, 1.54) is 6.42 Å². The average Bonchev–Trinajstić information content (AvgIpc) is 2.95. The van der Waals surface area contributed by atoms with Crippen LogP contribution in [0.5, 0.6) is 5.75 Å². The number of rotatable bonds is 10. The molecular formula is C32H35BrCl2N2O3. The van der Waals surface area contributed by atoms with Gasteiger partial charge in [0.2, 0.25) is 5.91 Å². The molecule has 40 heavy (non-hydrogen) atoms. The normalized spacial score (nSPS) is 14.4. The predicted octanol–water partition coefficient (Wildman–Crippen LogP) is 7.84. The number of nitrogens with zero attached hydrogens (tertiary/aromatic N) is 1. The predicted molar refractivity (Wildman–Crippen MR) is 165 cm³/mol. The van der Waals surface area contributed by atoms with Crippen LogP contribution in [0, 0.1) is 13.8 Å². The second-order valence-corrected chi connectivity index (χ2v) is 12.1. The summed E-state index contributed by atoms with van der Waals surface area (Å²) in [5.41, 5.74) is 3.78. The molecule has 1 unspecified atom stereocenters. The molecule has 0 aliphatic heterocycles. The fraction of sp³-hybridized carbons (Fsp3) is 0.375. The first-order valence-electron chi connectivity index (χ1n) is 13.7. The summed E-state index contributed by atoms with van der Waals surface area (Å²) in [6.45, 7) is 3.94. The summed E-state index contributed by atoms with van der Waals surface area (Å²) >= 11 is 16.1. The van der Waals surface area contributed by atoms with Crippen molar-refractivity contribution >= 4 is 50.9 Å². The highest BCUT2D eigenvalue weighted by molar-refractivity contribution is 9.10. The molecule has 3 aromatic carbocycles. The Balaban J connectivity index is 1.64. The minimum atomic E-state index is -0.733. The van der Waals surface area contributed by atoms with E-state index in [0.29, 0.717) is 22.2 Å². The maximum Gasteiger partial charge on any atom is 0.261 e. The highest BCUT2D eigenvalue weighted by atomic mass is 79.9. The van der Waals surface area contributed by atoms with E-state index in [1.807, 2.05) is 62.4 Å². The van der Waals surface area contributed by atoms with E-state index in [1.54, 1.807) is 17.0 Å². The second-order valence-electron chi connectivity index (χ2n) is 10.5. The zero-order valence-corrected chi connectivity index (χ0v) is 26.0. The summed E-state index contributed by atoms with van der Waals surface area (Å²) in [7, 11) is 0. The van der Waals surface area contributed by atoms with Crippen LogP contribution in [-0.2, 0) is 22.6 Å². The first-order chi connectivity index (χ1) is 19.2. The molecule has 3 aromatic rings. The molecular weight excluding hydrogens is 611 g/mol. The number of carbonyl (C=O) groups excluding carboxylic acids is 2. The smallest absolute Gasteiger partial charge is 0.261 e. The van der Waals surface area contributed by atoms with Crippen LogP contribution in [0.15, 0.2) is 65.1 Å². The van der Waals surface area contributed by atoms with Gasteiger partial charge < -0.3 is 15.0 Å². The Morgan fingerprint density at radius 2 is 1.62 bits per heavy atom. The van der Waals surface area contributed by atoms with Crippen LogP contribution in [-0.4, -0.2) is 35.4 Å². The van der Waals surface area contributed by atoms with Crippen LogP contribution in [0.25, 0.3) is 0 Å². The van der Waals surface area contributed by atoms with Gasteiger partial charge in [-0.1, -0.05) is 94.8 Å². The molecule has 5 nitrogen and oxygen atoms in total. The lowest BCUT2D eigenvalue weighted by atomic mass is 9.94.